The van der Waals surface area contributed by atoms with E-state index in [1.165, 1.54) is 5.69 Å². The van der Waals surface area contributed by atoms with Gasteiger partial charge in [0.15, 0.2) is 0 Å². The topological polar surface area (TPSA) is 47.3 Å². The van der Waals surface area contributed by atoms with E-state index in [4.69, 9.17) is 10.4 Å². The molecular formula is C14H18N2O. The molecule has 1 heterocycles. The number of aliphatic hydroxyl groups is 1. The third kappa shape index (κ3) is 2.98. The summed E-state index contributed by atoms with van der Waals surface area (Å²) >= 11 is 0. The lowest BCUT2D eigenvalue weighted by atomic mass is 9.93. The lowest BCUT2D eigenvalue weighted by Gasteiger charge is -2.33. The van der Waals surface area contributed by atoms with Crippen molar-refractivity contribution in [2.75, 3.05) is 24.6 Å². The van der Waals surface area contributed by atoms with Crippen molar-refractivity contribution in [1.82, 2.24) is 0 Å². The Morgan fingerprint density at radius 2 is 1.88 bits per heavy atom. The van der Waals surface area contributed by atoms with E-state index in [2.05, 4.69) is 11.0 Å². The first-order valence-corrected chi connectivity index (χ1v) is 6.19. The first-order chi connectivity index (χ1) is 8.33. The van der Waals surface area contributed by atoms with Crippen LogP contribution in [-0.2, 0) is 0 Å². The summed E-state index contributed by atoms with van der Waals surface area (Å²) < 4.78 is 0. The van der Waals surface area contributed by atoms with Crippen LogP contribution in [0.3, 0.4) is 0 Å². The summed E-state index contributed by atoms with van der Waals surface area (Å²) in [5.41, 5.74) is 1.91. The molecule has 0 saturated carbocycles. The molecule has 1 aromatic carbocycles. The third-order valence-corrected chi connectivity index (χ3v) is 3.51. The summed E-state index contributed by atoms with van der Waals surface area (Å²) in [6.07, 6.45) is 3.24. The van der Waals surface area contributed by atoms with Crippen LogP contribution in [0.4, 0.5) is 5.69 Å². The standard InChI is InChI=1S/C14H18N2O/c15-11-13-1-3-14(4-2-13)16-8-5-12(6-9-16)7-10-17/h1-4,12,17H,5-10H2. The molecule has 17 heavy (non-hydrogen) atoms. The molecule has 1 saturated heterocycles. The number of benzene rings is 1. The fourth-order valence-corrected chi connectivity index (χ4v) is 2.41. The van der Waals surface area contributed by atoms with Gasteiger partial charge >= 0.3 is 0 Å². The molecule has 1 aliphatic heterocycles. The second-order valence-corrected chi connectivity index (χ2v) is 4.60. The number of anilines is 1. The smallest absolute Gasteiger partial charge is 0.0991 e. The quantitative estimate of drug-likeness (QED) is 0.865. The number of aliphatic hydroxyl groups excluding tert-OH is 1. The molecule has 1 N–H and O–H groups in total. The highest BCUT2D eigenvalue weighted by atomic mass is 16.3. The van der Waals surface area contributed by atoms with E-state index in [0.717, 1.165) is 32.4 Å². The van der Waals surface area contributed by atoms with Crippen LogP contribution >= 0.6 is 0 Å². The van der Waals surface area contributed by atoms with Gasteiger partial charge in [0, 0.05) is 25.4 Å². The highest BCUT2D eigenvalue weighted by Gasteiger charge is 2.18. The molecule has 3 heteroatoms. The van der Waals surface area contributed by atoms with Crippen LogP contribution in [0.15, 0.2) is 24.3 Å². The maximum absolute atomic E-state index is 8.91. The lowest BCUT2D eigenvalue weighted by molar-refractivity contribution is 0.240. The van der Waals surface area contributed by atoms with Crippen molar-refractivity contribution in [3.05, 3.63) is 29.8 Å². The van der Waals surface area contributed by atoms with E-state index in [1.54, 1.807) is 0 Å². The number of rotatable bonds is 3. The number of nitrogens with zero attached hydrogens (tertiary/aromatic N) is 2. The molecule has 1 aromatic rings. The molecule has 0 unspecified atom stereocenters. The van der Waals surface area contributed by atoms with E-state index < -0.39 is 0 Å². The summed E-state index contributed by atoms with van der Waals surface area (Å²) in [5, 5.41) is 17.7. The molecule has 0 radical (unpaired) electrons. The second-order valence-electron chi connectivity index (χ2n) is 4.60. The molecule has 0 bridgehead atoms. The van der Waals surface area contributed by atoms with E-state index in [1.807, 2.05) is 24.3 Å². The molecule has 0 spiro atoms. The van der Waals surface area contributed by atoms with Gasteiger partial charge in [0.25, 0.3) is 0 Å². The monoisotopic (exact) mass is 230 g/mol. The first kappa shape index (κ1) is 11.9. The second kappa shape index (κ2) is 5.70. The van der Waals surface area contributed by atoms with Crippen molar-refractivity contribution >= 4 is 5.69 Å². The van der Waals surface area contributed by atoms with E-state index in [0.29, 0.717) is 18.1 Å². The van der Waals surface area contributed by atoms with Crippen molar-refractivity contribution in [2.24, 2.45) is 5.92 Å². The van der Waals surface area contributed by atoms with Crippen LogP contribution < -0.4 is 4.90 Å². The van der Waals surface area contributed by atoms with Gasteiger partial charge in [-0.2, -0.15) is 5.26 Å². The summed E-state index contributed by atoms with van der Waals surface area (Å²) in [6.45, 7) is 2.41. The van der Waals surface area contributed by atoms with Crippen molar-refractivity contribution in [3.63, 3.8) is 0 Å². The van der Waals surface area contributed by atoms with Crippen molar-refractivity contribution in [3.8, 4) is 6.07 Å². The maximum atomic E-state index is 8.91. The number of nitriles is 1. The van der Waals surface area contributed by atoms with Crippen molar-refractivity contribution < 1.29 is 5.11 Å². The normalized spacial score (nSPS) is 16.8. The van der Waals surface area contributed by atoms with E-state index >= 15 is 0 Å². The molecule has 0 amide bonds. The highest BCUT2D eigenvalue weighted by Crippen LogP contribution is 2.25. The Morgan fingerprint density at radius 3 is 2.41 bits per heavy atom. The minimum Gasteiger partial charge on any atom is -0.396 e. The van der Waals surface area contributed by atoms with Crippen molar-refractivity contribution in [2.45, 2.75) is 19.3 Å². The van der Waals surface area contributed by atoms with E-state index in [-0.39, 0.29) is 0 Å². The van der Waals surface area contributed by atoms with Gasteiger partial charge in [-0.25, -0.2) is 0 Å². The molecule has 3 nitrogen and oxygen atoms in total. The molecule has 2 rings (SSSR count). The minimum atomic E-state index is 0.307. The Kier molecular flexibility index (Phi) is 4.00. The SMILES string of the molecule is N#Cc1ccc(N2CCC(CCO)CC2)cc1. The third-order valence-electron chi connectivity index (χ3n) is 3.51. The first-order valence-electron chi connectivity index (χ1n) is 6.19. The lowest BCUT2D eigenvalue weighted by Crippen LogP contribution is -2.33. The van der Waals surface area contributed by atoms with Crippen LogP contribution in [0.25, 0.3) is 0 Å². The van der Waals surface area contributed by atoms with Crippen LogP contribution in [0.2, 0.25) is 0 Å². The van der Waals surface area contributed by atoms with Gasteiger partial charge in [-0.15, -0.1) is 0 Å². The van der Waals surface area contributed by atoms with Gasteiger partial charge in [0.05, 0.1) is 11.6 Å². The highest BCUT2D eigenvalue weighted by molar-refractivity contribution is 5.49. The van der Waals surface area contributed by atoms with Crippen LogP contribution in [0, 0.1) is 17.2 Å². The molecule has 0 atom stereocenters. The van der Waals surface area contributed by atoms with Crippen LogP contribution in [-0.4, -0.2) is 24.8 Å². The van der Waals surface area contributed by atoms with Gasteiger partial charge in [-0.1, -0.05) is 0 Å². The fraction of sp³-hybridized carbons (Fsp3) is 0.500. The average Bonchev–Trinajstić information content (AvgIpc) is 2.40. The summed E-state index contributed by atoms with van der Waals surface area (Å²) in [5.74, 6) is 0.676. The Balaban J connectivity index is 1.94. The van der Waals surface area contributed by atoms with Gasteiger partial charge in [0.2, 0.25) is 0 Å². The predicted molar refractivity (Wildman–Crippen MR) is 67.8 cm³/mol. The molecule has 1 aliphatic rings. The predicted octanol–water partition coefficient (Wildman–Crippen LogP) is 2.16. The zero-order chi connectivity index (χ0) is 12.1. The van der Waals surface area contributed by atoms with E-state index in [9.17, 15) is 0 Å². The summed E-state index contributed by atoms with van der Waals surface area (Å²) in [6, 6.07) is 9.91. The van der Waals surface area contributed by atoms with Gasteiger partial charge in [-0.3, -0.25) is 0 Å². The molecule has 90 valence electrons. The Hall–Kier alpha value is -1.53. The number of hydrogen-bond acceptors (Lipinski definition) is 3. The number of piperidine rings is 1. The van der Waals surface area contributed by atoms with Gasteiger partial charge < -0.3 is 10.0 Å². The summed E-state index contributed by atoms with van der Waals surface area (Å²) in [7, 11) is 0. The van der Waals surface area contributed by atoms with Crippen LogP contribution in [0.1, 0.15) is 24.8 Å². The largest absolute Gasteiger partial charge is 0.396 e. The van der Waals surface area contributed by atoms with Gasteiger partial charge in [0.1, 0.15) is 0 Å². The Morgan fingerprint density at radius 1 is 1.24 bits per heavy atom. The molecular weight excluding hydrogens is 212 g/mol. The molecule has 1 fully saturated rings. The van der Waals surface area contributed by atoms with Gasteiger partial charge in [-0.05, 0) is 49.4 Å². The zero-order valence-corrected chi connectivity index (χ0v) is 9.97. The minimum absolute atomic E-state index is 0.307. The fourth-order valence-electron chi connectivity index (χ4n) is 2.41. The number of hydrogen-bond donors (Lipinski definition) is 1. The zero-order valence-electron chi connectivity index (χ0n) is 9.97. The Bertz CT molecular complexity index is 386. The average molecular weight is 230 g/mol. The Labute approximate surface area is 102 Å². The molecule has 0 aliphatic carbocycles. The molecule has 0 aromatic heterocycles. The maximum Gasteiger partial charge on any atom is 0.0991 e. The summed E-state index contributed by atoms with van der Waals surface area (Å²) in [4.78, 5) is 2.36. The van der Waals surface area contributed by atoms with Crippen molar-refractivity contribution in [1.29, 1.82) is 5.26 Å². The van der Waals surface area contributed by atoms with Crippen LogP contribution in [0.5, 0.6) is 0 Å².